The van der Waals surface area contributed by atoms with Gasteiger partial charge in [0.05, 0.1) is 18.9 Å². The largest absolute Gasteiger partial charge is 0.486 e. The summed E-state index contributed by atoms with van der Waals surface area (Å²) in [5, 5.41) is 0. The summed E-state index contributed by atoms with van der Waals surface area (Å²) < 4.78 is 37.5. The van der Waals surface area contributed by atoms with E-state index in [1.807, 2.05) is 0 Å². The third kappa shape index (κ3) is 4.63. The highest BCUT2D eigenvalue weighted by molar-refractivity contribution is 7.89. The summed E-state index contributed by atoms with van der Waals surface area (Å²) in [6.07, 6.45) is 5.72. The third-order valence-corrected chi connectivity index (χ3v) is 8.97. The topological polar surface area (TPSA) is 80.1 Å². The van der Waals surface area contributed by atoms with E-state index in [4.69, 9.17) is 9.15 Å². The van der Waals surface area contributed by atoms with Crippen molar-refractivity contribution in [3.05, 3.63) is 63.7 Å². The van der Waals surface area contributed by atoms with E-state index in [-0.39, 0.29) is 23.0 Å². The maximum absolute atomic E-state index is 12.5. The molecule has 3 heterocycles. The fraction of sp³-hybridized carbons (Fsp3) is 0.542. The third-order valence-electron chi connectivity index (χ3n) is 6.97. The number of fused-ring (bicyclic) bond motifs is 1. The molecule has 0 spiro atoms. The molecule has 0 atom stereocenters. The molecule has 1 saturated heterocycles. The number of rotatable bonds is 6. The highest BCUT2D eigenvalue weighted by atomic mass is 32.2. The molecule has 1 aliphatic carbocycles. The minimum Gasteiger partial charge on any atom is -0.486 e. The Labute approximate surface area is 189 Å². The molecule has 0 unspecified atom stereocenters. The van der Waals surface area contributed by atoms with Crippen molar-refractivity contribution in [2.24, 2.45) is 5.92 Å². The van der Waals surface area contributed by atoms with Crippen LogP contribution in [0.25, 0.3) is 0 Å². The van der Waals surface area contributed by atoms with Crippen LogP contribution in [0.3, 0.4) is 0 Å². The molecule has 5 rings (SSSR count). The summed E-state index contributed by atoms with van der Waals surface area (Å²) in [7, 11) is -3.05. The van der Waals surface area contributed by atoms with E-state index in [9.17, 15) is 13.2 Å². The zero-order valence-electron chi connectivity index (χ0n) is 18.2. The van der Waals surface area contributed by atoms with E-state index in [0.717, 1.165) is 45.2 Å². The Kier molecular flexibility index (Phi) is 6.09. The second kappa shape index (κ2) is 9.00. The molecule has 2 aliphatic heterocycles. The second-order valence-electron chi connectivity index (χ2n) is 9.25. The number of benzene rings is 1. The molecule has 2 aromatic rings. The van der Waals surface area contributed by atoms with Crippen LogP contribution in [0.4, 0.5) is 0 Å². The Hall–Kier alpha value is -2.16. The van der Waals surface area contributed by atoms with Crippen LogP contribution in [-0.4, -0.2) is 42.6 Å². The van der Waals surface area contributed by atoms with E-state index in [1.54, 1.807) is 4.31 Å². The number of nitrogens with zero attached hydrogens (tertiary/aromatic N) is 2. The van der Waals surface area contributed by atoms with Gasteiger partial charge >= 0.3 is 0 Å². The lowest BCUT2D eigenvalue weighted by Gasteiger charge is -2.33. The molecule has 8 heteroatoms. The molecular weight excluding hydrogens is 428 g/mol. The van der Waals surface area contributed by atoms with Crippen LogP contribution in [-0.2, 0) is 29.7 Å². The molecule has 2 fully saturated rings. The van der Waals surface area contributed by atoms with E-state index in [0.29, 0.717) is 31.4 Å². The van der Waals surface area contributed by atoms with Crippen LogP contribution >= 0.6 is 0 Å². The molecule has 1 aromatic heterocycles. The maximum Gasteiger partial charge on any atom is 0.227 e. The lowest BCUT2D eigenvalue weighted by atomic mass is 9.86. The van der Waals surface area contributed by atoms with Crippen LogP contribution < -0.4 is 10.2 Å². The average molecular weight is 459 g/mol. The fourth-order valence-electron chi connectivity index (χ4n) is 5.24. The second-order valence-corrected chi connectivity index (χ2v) is 11.3. The Balaban J connectivity index is 1.11. The molecule has 1 saturated carbocycles. The van der Waals surface area contributed by atoms with Crippen molar-refractivity contribution >= 4 is 10.0 Å². The first-order valence-corrected chi connectivity index (χ1v) is 13.1. The predicted molar refractivity (Wildman–Crippen MR) is 121 cm³/mol. The van der Waals surface area contributed by atoms with E-state index in [2.05, 4.69) is 29.2 Å². The van der Waals surface area contributed by atoms with Crippen molar-refractivity contribution in [3.8, 4) is 5.75 Å². The minimum absolute atomic E-state index is 0.125. The number of hydrogen-bond donors (Lipinski definition) is 0. The van der Waals surface area contributed by atoms with Gasteiger partial charge in [-0.05, 0) is 49.1 Å². The first-order valence-electron chi connectivity index (χ1n) is 11.5. The molecule has 0 amide bonds. The maximum atomic E-state index is 12.5. The molecular formula is C24H30N2O5S. The highest BCUT2D eigenvalue weighted by Crippen LogP contribution is 2.31. The summed E-state index contributed by atoms with van der Waals surface area (Å²) in [4.78, 5) is 14.8. The van der Waals surface area contributed by atoms with Gasteiger partial charge in [-0.25, -0.2) is 8.42 Å². The summed E-state index contributed by atoms with van der Waals surface area (Å²) in [6.45, 7) is 3.43. The smallest absolute Gasteiger partial charge is 0.227 e. The standard InChI is InChI=1S/C24H30N2O5S/c27-23-12-22(15-25-13-19-4-1-2-5-20(19)14-25)30-17-24(23)31-16-18-6-8-21(9-7-18)26-10-3-11-32(26,28)29/h1-2,4-5,12,17-18,21H,3,6-11,13-16H2/t18-,21-. The fourth-order valence-corrected chi connectivity index (χ4v) is 7.04. The van der Waals surface area contributed by atoms with E-state index in [1.165, 1.54) is 23.5 Å². The van der Waals surface area contributed by atoms with Gasteiger partial charge in [0.15, 0.2) is 0 Å². The molecule has 0 N–H and O–H groups in total. The van der Waals surface area contributed by atoms with Crippen LogP contribution in [0.5, 0.6) is 5.75 Å². The average Bonchev–Trinajstić information content (AvgIpc) is 3.35. The lowest BCUT2D eigenvalue weighted by Crippen LogP contribution is -2.39. The Morgan fingerprint density at radius 3 is 2.41 bits per heavy atom. The molecule has 0 radical (unpaired) electrons. The van der Waals surface area contributed by atoms with E-state index >= 15 is 0 Å². The first-order chi connectivity index (χ1) is 15.5. The minimum atomic E-state index is -3.05. The van der Waals surface area contributed by atoms with Crippen molar-refractivity contribution in [1.82, 2.24) is 9.21 Å². The quantitative estimate of drug-likeness (QED) is 0.662. The van der Waals surface area contributed by atoms with Gasteiger partial charge in [-0.2, -0.15) is 4.31 Å². The van der Waals surface area contributed by atoms with Crippen molar-refractivity contribution in [3.63, 3.8) is 0 Å². The van der Waals surface area contributed by atoms with Gasteiger partial charge in [0.25, 0.3) is 0 Å². The summed E-state index contributed by atoms with van der Waals surface area (Å²) in [5.41, 5.74) is 2.50. The van der Waals surface area contributed by atoms with Gasteiger partial charge in [0.1, 0.15) is 12.0 Å². The van der Waals surface area contributed by atoms with Crippen molar-refractivity contribution in [2.75, 3.05) is 18.9 Å². The Morgan fingerprint density at radius 1 is 1.06 bits per heavy atom. The lowest BCUT2D eigenvalue weighted by molar-refractivity contribution is 0.163. The Morgan fingerprint density at radius 2 is 1.78 bits per heavy atom. The number of ether oxygens (including phenoxy) is 1. The SMILES string of the molecule is O=c1cc(CN2Cc3ccccc3C2)occ1OC[C@H]1CC[C@H](N2CCCS2(=O)=O)CC1. The highest BCUT2D eigenvalue weighted by Gasteiger charge is 2.36. The van der Waals surface area contributed by atoms with E-state index < -0.39 is 10.0 Å². The summed E-state index contributed by atoms with van der Waals surface area (Å²) >= 11 is 0. The molecule has 1 aromatic carbocycles. The van der Waals surface area contributed by atoms with Crippen molar-refractivity contribution in [2.45, 2.75) is 57.8 Å². The Bertz CT molecular complexity index is 1100. The normalized spacial score (nSPS) is 25.6. The summed E-state index contributed by atoms with van der Waals surface area (Å²) in [6, 6.07) is 10.0. The van der Waals surface area contributed by atoms with Crippen molar-refractivity contribution < 1.29 is 17.6 Å². The van der Waals surface area contributed by atoms with Crippen LogP contribution in [0, 0.1) is 5.92 Å². The van der Waals surface area contributed by atoms with Gasteiger partial charge < -0.3 is 9.15 Å². The van der Waals surface area contributed by atoms with Crippen LogP contribution in [0.15, 0.2) is 45.8 Å². The molecule has 32 heavy (non-hydrogen) atoms. The monoisotopic (exact) mass is 458 g/mol. The molecule has 0 bridgehead atoms. The number of sulfonamides is 1. The van der Waals surface area contributed by atoms with Gasteiger partial charge in [0, 0.05) is 31.7 Å². The summed E-state index contributed by atoms with van der Waals surface area (Å²) in [5.74, 6) is 1.51. The van der Waals surface area contributed by atoms with Crippen LogP contribution in [0.2, 0.25) is 0 Å². The van der Waals surface area contributed by atoms with Crippen molar-refractivity contribution in [1.29, 1.82) is 0 Å². The zero-order chi connectivity index (χ0) is 22.1. The molecule has 7 nitrogen and oxygen atoms in total. The molecule has 3 aliphatic rings. The van der Waals surface area contributed by atoms with Gasteiger partial charge in [-0.3, -0.25) is 9.69 Å². The molecule has 172 valence electrons. The van der Waals surface area contributed by atoms with Gasteiger partial charge in [-0.15, -0.1) is 0 Å². The zero-order valence-corrected chi connectivity index (χ0v) is 19.1. The number of hydrogen-bond acceptors (Lipinski definition) is 6. The first kappa shape index (κ1) is 21.7. The van der Waals surface area contributed by atoms with Gasteiger partial charge in [0.2, 0.25) is 21.2 Å². The predicted octanol–water partition coefficient (Wildman–Crippen LogP) is 3.13. The van der Waals surface area contributed by atoms with Crippen LogP contribution in [0.1, 0.15) is 49.0 Å². The van der Waals surface area contributed by atoms with Gasteiger partial charge in [-0.1, -0.05) is 24.3 Å².